The van der Waals surface area contributed by atoms with Crippen LogP contribution in [-0.2, 0) is 0 Å². The van der Waals surface area contributed by atoms with Crippen LogP contribution < -0.4 is 9.80 Å². The van der Waals surface area contributed by atoms with Crippen molar-refractivity contribution in [3.05, 3.63) is 302 Å². The highest BCUT2D eigenvalue weighted by atomic mass is 15.1. The minimum Gasteiger partial charge on any atom is -0.311 e. The van der Waals surface area contributed by atoms with Gasteiger partial charge in [0.05, 0.1) is 0 Å². The lowest BCUT2D eigenvalue weighted by atomic mass is 9.84. The highest BCUT2D eigenvalue weighted by Gasteiger charge is 2.20. The molecule has 340 valence electrons. The van der Waals surface area contributed by atoms with Crippen molar-refractivity contribution in [3.63, 3.8) is 0 Å². The van der Waals surface area contributed by atoms with Gasteiger partial charge in [-0.1, -0.05) is 218 Å². The number of hydrogen-bond acceptors (Lipinski definition) is 2. The van der Waals surface area contributed by atoms with Crippen LogP contribution in [-0.4, -0.2) is 0 Å². The van der Waals surface area contributed by atoms with Gasteiger partial charge in [0.1, 0.15) is 0 Å². The Hall–Kier alpha value is -9.50. The minimum absolute atomic E-state index is 1.10. The minimum atomic E-state index is 1.10. The molecule has 72 heavy (non-hydrogen) atoms. The van der Waals surface area contributed by atoms with Crippen LogP contribution in [0.3, 0.4) is 0 Å². The lowest BCUT2D eigenvalue weighted by Gasteiger charge is -2.26. The molecule has 0 fully saturated rings. The Balaban J connectivity index is 0.985. The molecular formula is C70H50N2. The van der Waals surface area contributed by atoms with Crippen molar-refractivity contribution < 1.29 is 0 Å². The van der Waals surface area contributed by atoms with E-state index in [0.717, 1.165) is 39.7 Å². The summed E-state index contributed by atoms with van der Waals surface area (Å²) in [5.41, 5.74) is 18.5. The van der Waals surface area contributed by atoms with Crippen molar-refractivity contribution in [1.82, 2.24) is 0 Å². The number of hydrogen-bond donors (Lipinski definition) is 0. The maximum atomic E-state index is 2.42. The van der Waals surface area contributed by atoms with E-state index in [9.17, 15) is 0 Å². The molecule has 12 rings (SSSR count). The van der Waals surface area contributed by atoms with Gasteiger partial charge in [-0.05, 0) is 162 Å². The largest absolute Gasteiger partial charge is 0.311 e. The second-order valence-corrected chi connectivity index (χ2v) is 18.1. The molecule has 0 atom stereocenters. The third-order valence-corrected chi connectivity index (χ3v) is 13.6. The molecule has 0 bridgehead atoms. The molecule has 2 heteroatoms. The summed E-state index contributed by atoms with van der Waals surface area (Å²) in [5.74, 6) is 0. The number of para-hydroxylation sites is 4. The second-order valence-electron chi connectivity index (χ2n) is 18.1. The van der Waals surface area contributed by atoms with E-state index in [1.54, 1.807) is 0 Å². The first-order valence-electron chi connectivity index (χ1n) is 24.7. The highest BCUT2D eigenvalue weighted by Crippen LogP contribution is 2.47. The van der Waals surface area contributed by atoms with Crippen molar-refractivity contribution in [1.29, 1.82) is 0 Å². The van der Waals surface area contributed by atoms with Crippen LogP contribution >= 0.6 is 0 Å². The maximum absolute atomic E-state index is 2.42. The first-order valence-corrected chi connectivity index (χ1v) is 24.7. The normalized spacial score (nSPS) is 11.3. The van der Waals surface area contributed by atoms with Crippen LogP contribution in [0.5, 0.6) is 0 Å². The number of benzene rings is 12. The van der Waals surface area contributed by atoms with Crippen LogP contribution in [0.15, 0.2) is 291 Å². The third-order valence-electron chi connectivity index (χ3n) is 13.6. The van der Waals surface area contributed by atoms with Gasteiger partial charge < -0.3 is 9.80 Å². The number of fused-ring (bicyclic) bond motifs is 2. The van der Waals surface area contributed by atoms with Crippen molar-refractivity contribution in [2.24, 2.45) is 0 Å². The molecule has 12 aromatic rings. The van der Waals surface area contributed by atoms with Gasteiger partial charge in [0.2, 0.25) is 0 Å². The van der Waals surface area contributed by atoms with Gasteiger partial charge >= 0.3 is 0 Å². The Morgan fingerprint density at radius 1 is 0.194 bits per heavy atom. The van der Waals surface area contributed by atoms with Crippen LogP contribution in [0.2, 0.25) is 0 Å². The van der Waals surface area contributed by atoms with Crippen LogP contribution in [0.25, 0.3) is 78.2 Å². The van der Waals surface area contributed by atoms with Gasteiger partial charge in [0.15, 0.2) is 0 Å². The summed E-state index contributed by atoms with van der Waals surface area (Å²) in [6.45, 7) is 0. The average molecular weight is 919 g/mol. The fraction of sp³-hybridized carbons (Fsp3) is 0. The summed E-state index contributed by atoms with van der Waals surface area (Å²) in [5, 5.41) is 4.84. The van der Waals surface area contributed by atoms with Gasteiger partial charge in [0, 0.05) is 34.1 Å². The summed E-state index contributed by atoms with van der Waals surface area (Å²) in [4.78, 5) is 4.64. The van der Waals surface area contributed by atoms with Crippen LogP contribution in [0.1, 0.15) is 11.1 Å². The summed E-state index contributed by atoms with van der Waals surface area (Å²) < 4.78 is 0. The summed E-state index contributed by atoms with van der Waals surface area (Å²) >= 11 is 0. The molecular weight excluding hydrogens is 869 g/mol. The van der Waals surface area contributed by atoms with Crippen LogP contribution in [0, 0.1) is 0 Å². The summed E-state index contributed by atoms with van der Waals surface area (Å²) in [6.07, 6.45) is 4.36. The van der Waals surface area contributed by atoms with E-state index in [1.807, 2.05) is 0 Å². The fourth-order valence-corrected chi connectivity index (χ4v) is 10.2. The van der Waals surface area contributed by atoms with Gasteiger partial charge in [-0.15, -0.1) is 0 Å². The van der Waals surface area contributed by atoms with Crippen LogP contribution in [0.4, 0.5) is 34.1 Å². The lowest BCUT2D eigenvalue weighted by Crippen LogP contribution is -2.09. The Bertz CT molecular complexity index is 3720. The van der Waals surface area contributed by atoms with Crippen molar-refractivity contribution in [3.8, 4) is 44.5 Å². The van der Waals surface area contributed by atoms with E-state index >= 15 is 0 Å². The van der Waals surface area contributed by atoms with Crippen molar-refractivity contribution in [2.75, 3.05) is 9.80 Å². The predicted octanol–water partition coefficient (Wildman–Crippen LogP) is 19.8. The van der Waals surface area contributed by atoms with Gasteiger partial charge in [-0.25, -0.2) is 0 Å². The van der Waals surface area contributed by atoms with E-state index in [-0.39, 0.29) is 0 Å². The van der Waals surface area contributed by atoms with Gasteiger partial charge in [-0.2, -0.15) is 0 Å². The Labute approximate surface area is 422 Å². The first-order chi connectivity index (χ1) is 35.7. The molecule has 0 aliphatic rings. The topological polar surface area (TPSA) is 6.48 Å². The molecule has 0 N–H and O–H groups in total. The molecule has 0 aliphatic carbocycles. The molecule has 0 spiro atoms. The van der Waals surface area contributed by atoms with Crippen molar-refractivity contribution >= 4 is 67.8 Å². The highest BCUT2D eigenvalue weighted by molar-refractivity contribution is 6.22. The molecule has 0 unspecified atom stereocenters. The number of anilines is 6. The Kier molecular flexibility index (Phi) is 12.1. The van der Waals surface area contributed by atoms with Crippen molar-refractivity contribution in [2.45, 2.75) is 0 Å². The summed E-state index contributed by atoms with van der Waals surface area (Å²) in [7, 11) is 0. The molecule has 0 aliphatic heterocycles. The molecule has 0 saturated heterocycles. The van der Waals surface area contributed by atoms with E-state index in [2.05, 4.69) is 313 Å². The van der Waals surface area contributed by atoms with E-state index < -0.39 is 0 Å². The molecule has 0 saturated carbocycles. The number of nitrogens with zero attached hydrogens (tertiary/aromatic N) is 2. The predicted molar refractivity (Wildman–Crippen MR) is 308 cm³/mol. The molecule has 12 aromatic carbocycles. The zero-order valence-electron chi connectivity index (χ0n) is 39.8. The number of rotatable bonds is 12. The third kappa shape index (κ3) is 8.86. The van der Waals surface area contributed by atoms with Gasteiger partial charge in [-0.3, -0.25) is 0 Å². The Morgan fingerprint density at radius 2 is 0.514 bits per heavy atom. The fourth-order valence-electron chi connectivity index (χ4n) is 10.2. The Morgan fingerprint density at radius 3 is 0.972 bits per heavy atom. The first kappa shape index (κ1) is 43.8. The summed E-state index contributed by atoms with van der Waals surface area (Å²) in [6, 6.07) is 105. The average Bonchev–Trinajstić information content (AvgIpc) is 3.46. The van der Waals surface area contributed by atoms with E-state index in [4.69, 9.17) is 0 Å². The van der Waals surface area contributed by atoms with E-state index in [1.165, 1.54) is 71.6 Å². The monoisotopic (exact) mass is 918 g/mol. The van der Waals surface area contributed by atoms with Gasteiger partial charge in [0.25, 0.3) is 0 Å². The molecule has 0 heterocycles. The lowest BCUT2D eigenvalue weighted by molar-refractivity contribution is 1.28. The zero-order valence-corrected chi connectivity index (χ0v) is 39.8. The quantitative estimate of drug-likeness (QED) is 0.0890. The maximum Gasteiger partial charge on any atom is 0.0462 e. The standard InChI is InChI=1S/C70H50N2/c1-6-19-51(20-7-1)33-34-52-21-18-22-57(49-52)53-35-37-54(38-36-53)58-43-48-67-68(50-58)70(56-41-46-64(47-42-56)72(61-27-12-4-13-28-61)62-29-14-5-15-30-62)66-32-17-16-31-65(66)69(67)55-39-44-63(45-40-55)71(59-23-8-2-9-24-59)60-25-10-3-11-26-60/h1-50H/b34-33-. The molecule has 0 amide bonds. The molecule has 0 radical (unpaired) electrons. The van der Waals surface area contributed by atoms with E-state index in [0.29, 0.717) is 0 Å². The molecule has 0 aromatic heterocycles. The second kappa shape index (κ2) is 19.8. The zero-order chi connectivity index (χ0) is 48.1. The SMILES string of the molecule is C(=C/c1cccc(-c2ccc(-c3ccc4c(-c5ccc(N(c6ccccc6)c6ccccc6)cc5)c5ccccc5c(-c5ccc(N(c6ccccc6)c6ccccc6)cc5)c4c3)cc2)c1)/c1ccccc1. The molecule has 2 nitrogen and oxygen atoms in total. The smallest absolute Gasteiger partial charge is 0.0462 e.